The molecule has 1 aromatic carbocycles. The normalized spacial score (nSPS) is 11.6. The molecule has 1 rings (SSSR count). The summed E-state index contributed by atoms with van der Waals surface area (Å²) in [6.07, 6.45) is 0.317. The Morgan fingerprint density at radius 3 is 2.63 bits per heavy atom. The maximum absolute atomic E-state index is 11.6. The minimum atomic E-state index is -0.134. The molecule has 0 heterocycles. The molecule has 0 fully saturated rings. The van der Waals surface area contributed by atoms with Crippen LogP contribution in [0.3, 0.4) is 0 Å². The Bertz CT molecular complexity index is 395. The van der Waals surface area contributed by atoms with Gasteiger partial charge >= 0.3 is 0 Å². The minimum absolute atomic E-state index is 0. The van der Waals surface area contributed by atoms with Gasteiger partial charge in [-0.25, -0.2) is 0 Å². The van der Waals surface area contributed by atoms with Gasteiger partial charge in [0.25, 0.3) is 0 Å². The molecule has 0 aliphatic carbocycles. The van der Waals surface area contributed by atoms with E-state index in [0.717, 1.165) is 11.4 Å². The summed E-state index contributed by atoms with van der Waals surface area (Å²) in [6, 6.07) is 7.26. The Kier molecular flexibility index (Phi) is 8.19. The molecule has 0 aliphatic rings. The number of carbonyl (C=O) groups excluding carboxylic acids is 1. The molecule has 0 saturated heterocycles. The molecule has 0 saturated carbocycles. The molecule has 0 spiro atoms. The molecule has 1 unspecified atom stereocenters. The average molecular weight is 287 g/mol. The third-order valence-electron chi connectivity index (χ3n) is 2.21. The number of nitrogens with one attached hydrogen (secondary N) is 1. The van der Waals surface area contributed by atoms with Crippen LogP contribution in [0.1, 0.15) is 27.2 Å². The van der Waals surface area contributed by atoms with Crippen molar-refractivity contribution < 1.29 is 9.53 Å². The van der Waals surface area contributed by atoms with E-state index in [4.69, 9.17) is 10.5 Å². The van der Waals surface area contributed by atoms with Crippen LogP contribution in [0.25, 0.3) is 0 Å². The molecule has 0 aliphatic heterocycles. The number of carbonyl (C=O) groups is 1. The van der Waals surface area contributed by atoms with E-state index >= 15 is 0 Å². The van der Waals surface area contributed by atoms with Crippen LogP contribution in [-0.4, -0.2) is 18.6 Å². The zero-order valence-corrected chi connectivity index (χ0v) is 12.5. The summed E-state index contributed by atoms with van der Waals surface area (Å²) in [5.74, 6) is 1.16. The van der Waals surface area contributed by atoms with Gasteiger partial charge in [0, 0.05) is 24.2 Å². The predicted octanol–water partition coefficient (Wildman–Crippen LogP) is 2.82. The quantitative estimate of drug-likeness (QED) is 0.845. The van der Waals surface area contributed by atoms with E-state index in [2.05, 4.69) is 19.2 Å². The number of ether oxygens (including phenoxy) is 1. The fourth-order valence-electron chi connectivity index (χ4n) is 1.43. The van der Waals surface area contributed by atoms with E-state index in [-0.39, 0.29) is 24.4 Å². The topological polar surface area (TPSA) is 64.3 Å². The molecule has 19 heavy (non-hydrogen) atoms. The first-order valence-corrected chi connectivity index (χ1v) is 6.25. The minimum Gasteiger partial charge on any atom is -0.493 e. The molecule has 1 atom stereocenters. The lowest BCUT2D eigenvalue weighted by molar-refractivity contribution is -0.116. The van der Waals surface area contributed by atoms with Crippen LogP contribution in [0, 0.1) is 5.92 Å². The van der Waals surface area contributed by atoms with Crippen LogP contribution in [0.5, 0.6) is 5.75 Å². The van der Waals surface area contributed by atoms with Crippen LogP contribution in [-0.2, 0) is 4.79 Å². The monoisotopic (exact) mass is 286 g/mol. The zero-order chi connectivity index (χ0) is 13.5. The fourth-order valence-corrected chi connectivity index (χ4v) is 1.43. The van der Waals surface area contributed by atoms with Crippen LogP contribution < -0.4 is 15.8 Å². The fraction of sp³-hybridized carbons (Fsp3) is 0.500. The number of hydrogen-bond acceptors (Lipinski definition) is 3. The van der Waals surface area contributed by atoms with Crippen molar-refractivity contribution in [2.24, 2.45) is 11.7 Å². The van der Waals surface area contributed by atoms with Crippen molar-refractivity contribution in [1.29, 1.82) is 0 Å². The zero-order valence-electron chi connectivity index (χ0n) is 11.7. The highest BCUT2D eigenvalue weighted by molar-refractivity contribution is 5.91. The Morgan fingerprint density at radius 2 is 2.05 bits per heavy atom. The highest BCUT2D eigenvalue weighted by Crippen LogP contribution is 2.18. The first-order chi connectivity index (χ1) is 8.47. The molecule has 5 heteroatoms. The van der Waals surface area contributed by atoms with Gasteiger partial charge in [0.15, 0.2) is 0 Å². The van der Waals surface area contributed by atoms with Crippen LogP contribution in [0.15, 0.2) is 24.3 Å². The number of hydrogen-bond donors (Lipinski definition) is 2. The highest BCUT2D eigenvalue weighted by Gasteiger charge is 2.06. The highest BCUT2D eigenvalue weighted by atomic mass is 35.5. The van der Waals surface area contributed by atoms with Gasteiger partial charge < -0.3 is 15.8 Å². The Labute approximate surface area is 121 Å². The summed E-state index contributed by atoms with van der Waals surface area (Å²) < 4.78 is 5.59. The largest absolute Gasteiger partial charge is 0.493 e. The summed E-state index contributed by atoms with van der Waals surface area (Å²) in [6.45, 7) is 6.65. The molecule has 0 radical (unpaired) electrons. The molecular formula is C14H23ClN2O2. The summed E-state index contributed by atoms with van der Waals surface area (Å²) in [7, 11) is 0. The maximum Gasteiger partial charge on any atom is 0.225 e. The molecule has 1 aromatic rings. The standard InChI is InChI=1S/C14H22N2O2.ClH/c1-10(2)9-18-13-6-4-5-12(8-13)16-14(17)7-11(3)15;/h4-6,8,10-11H,7,9,15H2,1-3H3,(H,16,17);1H. The van der Waals surface area contributed by atoms with Crippen LogP contribution in [0.4, 0.5) is 5.69 Å². The molecule has 0 bridgehead atoms. The first-order valence-electron chi connectivity index (χ1n) is 6.25. The van der Waals surface area contributed by atoms with Crippen molar-refractivity contribution in [2.45, 2.75) is 33.2 Å². The number of amides is 1. The number of halogens is 1. The molecule has 1 amide bonds. The first kappa shape index (κ1) is 17.7. The summed E-state index contributed by atoms with van der Waals surface area (Å²) in [4.78, 5) is 11.6. The third kappa shape index (κ3) is 7.70. The number of nitrogens with two attached hydrogens (primary N) is 1. The predicted molar refractivity (Wildman–Crippen MR) is 80.9 cm³/mol. The van der Waals surface area contributed by atoms with E-state index in [9.17, 15) is 4.79 Å². The van der Waals surface area contributed by atoms with Crippen molar-refractivity contribution in [3.05, 3.63) is 24.3 Å². The van der Waals surface area contributed by atoms with E-state index in [1.807, 2.05) is 31.2 Å². The second kappa shape index (κ2) is 8.77. The SMILES string of the molecule is CC(C)COc1cccc(NC(=O)CC(C)N)c1.Cl. The number of anilines is 1. The molecular weight excluding hydrogens is 264 g/mol. The molecule has 0 aromatic heterocycles. The summed E-state index contributed by atoms with van der Waals surface area (Å²) >= 11 is 0. The lowest BCUT2D eigenvalue weighted by Gasteiger charge is -2.11. The van der Waals surface area contributed by atoms with E-state index < -0.39 is 0 Å². The van der Waals surface area contributed by atoms with Crippen molar-refractivity contribution in [1.82, 2.24) is 0 Å². The average Bonchev–Trinajstić information content (AvgIpc) is 2.25. The van der Waals surface area contributed by atoms with Crippen molar-refractivity contribution in [3.8, 4) is 5.75 Å². The van der Waals surface area contributed by atoms with Crippen molar-refractivity contribution >= 4 is 24.0 Å². The molecule has 4 nitrogen and oxygen atoms in total. The lowest BCUT2D eigenvalue weighted by Crippen LogP contribution is -2.23. The summed E-state index contributed by atoms with van der Waals surface area (Å²) in [5.41, 5.74) is 6.31. The Balaban J connectivity index is 0.00000324. The van der Waals surface area contributed by atoms with E-state index in [1.165, 1.54) is 0 Å². The van der Waals surface area contributed by atoms with Gasteiger partial charge in [0.1, 0.15) is 5.75 Å². The van der Waals surface area contributed by atoms with Crippen molar-refractivity contribution in [3.63, 3.8) is 0 Å². The maximum atomic E-state index is 11.6. The number of benzene rings is 1. The van der Waals surface area contributed by atoms with Gasteiger partial charge in [-0.15, -0.1) is 12.4 Å². The number of rotatable bonds is 6. The molecule has 3 N–H and O–H groups in total. The summed E-state index contributed by atoms with van der Waals surface area (Å²) in [5, 5.41) is 2.80. The van der Waals surface area contributed by atoms with Gasteiger partial charge in [0.05, 0.1) is 6.61 Å². The van der Waals surface area contributed by atoms with E-state index in [0.29, 0.717) is 18.9 Å². The molecule has 108 valence electrons. The van der Waals surface area contributed by atoms with Crippen LogP contribution >= 0.6 is 12.4 Å². The van der Waals surface area contributed by atoms with Gasteiger partial charge in [-0.2, -0.15) is 0 Å². The second-order valence-electron chi connectivity index (χ2n) is 4.96. The van der Waals surface area contributed by atoms with Crippen LogP contribution in [0.2, 0.25) is 0 Å². The van der Waals surface area contributed by atoms with E-state index in [1.54, 1.807) is 0 Å². The second-order valence-corrected chi connectivity index (χ2v) is 4.96. The Morgan fingerprint density at radius 1 is 1.37 bits per heavy atom. The van der Waals surface area contributed by atoms with Gasteiger partial charge in [0.2, 0.25) is 5.91 Å². The Hall–Kier alpha value is -1.26. The van der Waals surface area contributed by atoms with Crippen molar-refractivity contribution in [2.75, 3.05) is 11.9 Å². The van der Waals surface area contributed by atoms with Gasteiger partial charge in [-0.05, 0) is 25.0 Å². The third-order valence-corrected chi connectivity index (χ3v) is 2.21. The lowest BCUT2D eigenvalue weighted by atomic mass is 10.2. The van der Waals surface area contributed by atoms with Gasteiger partial charge in [-0.3, -0.25) is 4.79 Å². The van der Waals surface area contributed by atoms with Gasteiger partial charge in [-0.1, -0.05) is 19.9 Å². The smallest absolute Gasteiger partial charge is 0.225 e.